The number of epoxide rings is 1. The largest absolute Gasteiger partial charge is 0.463 e. The summed E-state index contributed by atoms with van der Waals surface area (Å²) in [6.45, 7) is 9.13. The van der Waals surface area contributed by atoms with Gasteiger partial charge in [0.05, 0.1) is 12.4 Å². The summed E-state index contributed by atoms with van der Waals surface area (Å²) in [5.41, 5.74) is 6.03. The van der Waals surface area contributed by atoms with E-state index in [1.807, 2.05) is 31.2 Å². The summed E-state index contributed by atoms with van der Waals surface area (Å²) in [7, 11) is 0. The van der Waals surface area contributed by atoms with Gasteiger partial charge in [-0.2, -0.15) is 0 Å². The number of allylic oxidation sites excluding steroid dienone is 3. The van der Waals surface area contributed by atoms with Gasteiger partial charge in [0.2, 0.25) is 5.78 Å². The molecule has 0 saturated carbocycles. The third-order valence-corrected chi connectivity index (χ3v) is 7.87. The minimum absolute atomic E-state index is 0.140. The Morgan fingerprint density at radius 2 is 2.00 bits per heavy atom. The highest BCUT2D eigenvalue weighted by atomic mass is 16.7. The Bertz CT molecular complexity index is 1230. The van der Waals surface area contributed by atoms with Gasteiger partial charge in [0.15, 0.2) is 11.4 Å². The molecule has 0 radical (unpaired) electrons. The Balaban J connectivity index is 1.60. The van der Waals surface area contributed by atoms with Crippen LogP contribution in [0.15, 0.2) is 53.4 Å². The molecule has 7 heteroatoms. The smallest absolute Gasteiger partial charge is 0.350 e. The van der Waals surface area contributed by atoms with Gasteiger partial charge in [-0.05, 0) is 55.7 Å². The lowest BCUT2D eigenvalue weighted by molar-refractivity contribution is -0.148. The van der Waals surface area contributed by atoms with Gasteiger partial charge in [0, 0.05) is 24.1 Å². The Labute approximate surface area is 231 Å². The molecule has 3 N–H and O–H groups in total. The van der Waals surface area contributed by atoms with Crippen LogP contribution in [0.1, 0.15) is 98.9 Å². The van der Waals surface area contributed by atoms with Gasteiger partial charge in [0.25, 0.3) is 5.60 Å². The molecule has 1 aliphatic carbocycles. The summed E-state index contributed by atoms with van der Waals surface area (Å²) in [6, 6.07) is 5.35. The number of nitrogens with one attached hydrogen (secondary N) is 1. The molecule has 1 saturated heterocycles. The van der Waals surface area contributed by atoms with Crippen LogP contribution in [0.4, 0.5) is 0 Å². The van der Waals surface area contributed by atoms with E-state index in [1.165, 1.54) is 0 Å². The van der Waals surface area contributed by atoms with E-state index in [0.29, 0.717) is 36.3 Å². The van der Waals surface area contributed by atoms with E-state index in [4.69, 9.17) is 15.2 Å². The number of rotatable bonds is 13. The first kappa shape index (κ1) is 28.8. The number of esters is 1. The quantitative estimate of drug-likeness (QED) is 0.115. The van der Waals surface area contributed by atoms with Crippen molar-refractivity contribution in [1.82, 2.24) is 5.32 Å². The van der Waals surface area contributed by atoms with Crippen LogP contribution in [0.25, 0.3) is 0 Å². The van der Waals surface area contributed by atoms with E-state index < -0.39 is 23.0 Å². The molecule has 0 aromatic heterocycles. The number of ether oxygens (including phenoxy) is 2. The van der Waals surface area contributed by atoms with E-state index in [-0.39, 0.29) is 24.7 Å². The minimum atomic E-state index is -1.92. The van der Waals surface area contributed by atoms with Crippen LogP contribution in [-0.4, -0.2) is 41.9 Å². The average Bonchev–Trinajstić information content (AvgIpc) is 3.61. The molecule has 0 bridgehead atoms. The third kappa shape index (κ3) is 5.60. The number of dihydropyridines is 1. The van der Waals surface area contributed by atoms with Crippen LogP contribution in [0.3, 0.4) is 0 Å². The molecule has 7 nitrogen and oxygen atoms in total. The second kappa shape index (κ2) is 11.9. The maximum Gasteiger partial charge on any atom is 0.350 e. The summed E-state index contributed by atoms with van der Waals surface area (Å²) >= 11 is 0. The number of unbranched alkanes of at least 4 members (excludes halogenated alkanes) is 3. The highest BCUT2D eigenvalue weighted by molar-refractivity contribution is 6.33. The molecule has 2 heterocycles. The molecule has 1 aromatic carbocycles. The number of Topliss-reactive ketones (excluding diaryl/α,β-unsaturated/α-hetero) is 2. The zero-order chi connectivity index (χ0) is 28.2. The van der Waals surface area contributed by atoms with Crippen LogP contribution in [0.2, 0.25) is 0 Å². The molecule has 2 unspecified atom stereocenters. The van der Waals surface area contributed by atoms with E-state index in [2.05, 4.69) is 32.2 Å². The van der Waals surface area contributed by atoms with Crippen molar-refractivity contribution < 1.29 is 23.9 Å². The van der Waals surface area contributed by atoms with Crippen LogP contribution < -0.4 is 11.1 Å². The number of fused-ring (bicyclic) bond motifs is 2. The second-order valence-electron chi connectivity index (χ2n) is 11.4. The maximum atomic E-state index is 14.1. The SMILES string of the molecule is CCCCCCOC(=O)C12OC1(CC=C(C)CCC1=CCNC(N)=C1)C(=O)c1cccc(CC(C)C)c1C2=O. The number of hydrogen-bond donors (Lipinski definition) is 2. The van der Waals surface area contributed by atoms with E-state index in [0.717, 1.165) is 48.8 Å². The Morgan fingerprint density at radius 1 is 1.21 bits per heavy atom. The third-order valence-electron chi connectivity index (χ3n) is 7.87. The second-order valence-corrected chi connectivity index (χ2v) is 11.4. The highest BCUT2D eigenvalue weighted by Gasteiger charge is 2.85. The molecule has 4 rings (SSSR count). The zero-order valence-electron chi connectivity index (χ0n) is 23.7. The lowest BCUT2D eigenvalue weighted by atomic mass is 9.70. The summed E-state index contributed by atoms with van der Waals surface area (Å²) in [5, 5.41) is 3.07. The lowest BCUT2D eigenvalue weighted by Crippen LogP contribution is -2.51. The summed E-state index contributed by atoms with van der Waals surface area (Å²) < 4.78 is 11.7. The van der Waals surface area contributed by atoms with Crippen molar-refractivity contribution >= 4 is 17.5 Å². The molecule has 1 fully saturated rings. The normalized spacial score (nSPS) is 24.0. The molecule has 2 atom stereocenters. The van der Waals surface area contributed by atoms with Crippen molar-refractivity contribution in [3.63, 3.8) is 0 Å². The molecule has 210 valence electrons. The topological polar surface area (TPSA) is 111 Å². The first-order chi connectivity index (χ1) is 18.7. The monoisotopic (exact) mass is 534 g/mol. The number of hydrogen-bond acceptors (Lipinski definition) is 7. The zero-order valence-corrected chi connectivity index (χ0v) is 23.7. The van der Waals surface area contributed by atoms with Crippen molar-refractivity contribution in [2.75, 3.05) is 13.2 Å². The van der Waals surface area contributed by atoms with Crippen LogP contribution >= 0.6 is 0 Å². The number of ketones is 2. The molecule has 3 aliphatic rings. The van der Waals surface area contributed by atoms with Gasteiger partial charge in [-0.1, -0.05) is 76.0 Å². The van der Waals surface area contributed by atoms with Crippen LogP contribution in [-0.2, 0) is 20.7 Å². The number of carbonyl (C=O) groups excluding carboxylic acids is 3. The van der Waals surface area contributed by atoms with Crippen molar-refractivity contribution in [3.05, 3.63) is 70.1 Å². The maximum absolute atomic E-state index is 14.1. The van der Waals surface area contributed by atoms with Gasteiger partial charge < -0.3 is 20.5 Å². The first-order valence-corrected chi connectivity index (χ1v) is 14.3. The van der Waals surface area contributed by atoms with Gasteiger partial charge in [-0.15, -0.1) is 0 Å². The fraction of sp³-hybridized carbons (Fsp3) is 0.531. The Kier molecular flexibility index (Phi) is 8.80. The molecular weight excluding hydrogens is 492 g/mol. The standard InChI is InChI=1S/C32H42N2O5/c1-5-6-7-8-18-38-30(37)32-29(36)27-24(19-21(2)3)10-9-11-25(27)28(35)31(32,39-32)16-14-22(4)12-13-23-15-17-34-26(33)20-23/h9-11,14-15,20-21,34H,5-8,12-13,16-19,33H2,1-4H3. The molecule has 2 aliphatic heterocycles. The number of benzene rings is 1. The van der Waals surface area contributed by atoms with Crippen molar-refractivity contribution in [1.29, 1.82) is 0 Å². The molecule has 0 amide bonds. The summed E-state index contributed by atoms with van der Waals surface area (Å²) in [4.78, 5) is 41.6. The van der Waals surface area contributed by atoms with Gasteiger partial charge in [-0.3, -0.25) is 9.59 Å². The van der Waals surface area contributed by atoms with E-state index in [1.54, 1.807) is 6.07 Å². The van der Waals surface area contributed by atoms with E-state index in [9.17, 15) is 14.4 Å². The Hall–Kier alpha value is -3.19. The molecule has 1 aromatic rings. The van der Waals surface area contributed by atoms with Gasteiger partial charge in [-0.25, -0.2) is 4.79 Å². The summed E-state index contributed by atoms with van der Waals surface area (Å²) in [6.07, 6.45) is 12.0. The number of carbonyl (C=O) groups is 3. The van der Waals surface area contributed by atoms with Gasteiger partial charge >= 0.3 is 5.97 Å². The highest BCUT2D eigenvalue weighted by Crippen LogP contribution is 2.59. The van der Waals surface area contributed by atoms with Crippen LogP contribution in [0, 0.1) is 5.92 Å². The van der Waals surface area contributed by atoms with E-state index >= 15 is 0 Å². The average molecular weight is 535 g/mol. The van der Waals surface area contributed by atoms with Crippen molar-refractivity contribution in [2.45, 2.75) is 90.3 Å². The first-order valence-electron chi connectivity index (χ1n) is 14.3. The lowest BCUT2D eigenvalue weighted by Gasteiger charge is -2.25. The summed E-state index contributed by atoms with van der Waals surface area (Å²) in [5.74, 6) is -0.573. The fourth-order valence-electron chi connectivity index (χ4n) is 5.65. The molecular formula is C32H42N2O5. The number of nitrogens with two attached hydrogens (primary N) is 1. The van der Waals surface area contributed by atoms with Crippen molar-refractivity contribution in [3.8, 4) is 0 Å². The van der Waals surface area contributed by atoms with Crippen molar-refractivity contribution in [2.24, 2.45) is 11.7 Å². The molecule has 39 heavy (non-hydrogen) atoms. The minimum Gasteiger partial charge on any atom is -0.463 e. The van der Waals surface area contributed by atoms with Crippen LogP contribution in [0.5, 0.6) is 0 Å². The fourth-order valence-corrected chi connectivity index (χ4v) is 5.65. The molecule has 0 spiro atoms. The predicted octanol–water partition coefficient (Wildman–Crippen LogP) is 5.34. The Morgan fingerprint density at radius 3 is 2.72 bits per heavy atom. The van der Waals surface area contributed by atoms with Gasteiger partial charge in [0.1, 0.15) is 0 Å². The predicted molar refractivity (Wildman–Crippen MR) is 151 cm³/mol.